The van der Waals surface area contributed by atoms with E-state index in [1.165, 1.54) is 19.1 Å². The number of allylic oxidation sites excluding steroid dienone is 4. The molecule has 2 saturated heterocycles. The minimum absolute atomic E-state index is 0.0804. The summed E-state index contributed by atoms with van der Waals surface area (Å²) in [5.41, 5.74) is -8.29. The van der Waals surface area contributed by atoms with E-state index in [4.69, 9.17) is 14.2 Å². The number of rotatable bonds is 9. The highest BCUT2D eigenvalue weighted by Crippen LogP contribution is 2.70. The molecular formula is C54H90FN3O12. The Bertz CT molecular complexity index is 1970. The van der Waals surface area contributed by atoms with Gasteiger partial charge in [0.25, 0.3) is 5.91 Å². The van der Waals surface area contributed by atoms with E-state index < -0.39 is 124 Å². The Kier molecular flexibility index (Phi) is 16.9. The lowest BCUT2D eigenvalue weighted by Crippen LogP contribution is -2.70. The van der Waals surface area contributed by atoms with Crippen LogP contribution in [0, 0.1) is 51.8 Å². The average Bonchev–Trinajstić information content (AvgIpc) is 3.48. The van der Waals surface area contributed by atoms with Gasteiger partial charge in [0.05, 0.1) is 30.3 Å². The van der Waals surface area contributed by atoms with Crippen LogP contribution in [0.2, 0.25) is 0 Å². The van der Waals surface area contributed by atoms with Crippen LogP contribution >= 0.6 is 0 Å². The van der Waals surface area contributed by atoms with Gasteiger partial charge in [-0.3, -0.25) is 19.3 Å². The smallest absolute Gasteiger partial charge is 0.311 e. The van der Waals surface area contributed by atoms with Gasteiger partial charge in [-0.05, 0) is 135 Å². The van der Waals surface area contributed by atoms with Crippen LogP contribution in [0.5, 0.6) is 0 Å². The molecule has 0 radical (unpaired) electrons. The number of hydrogen-bond donors (Lipinski definition) is 7. The number of halogens is 1. The fraction of sp³-hybridized carbons (Fsp3) is 0.870. The molecule has 400 valence electrons. The van der Waals surface area contributed by atoms with E-state index in [9.17, 15) is 45.0 Å². The van der Waals surface area contributed by atoms with Gasteiger partial charge in [0.15, 0.2) is 23.3 Å². The van der Waals surface area contributed by atoms with Crippen molar-refractivity contribution in [2.45, 2.75) is 212 Å². The van der Waals surface area contributed by atoms with E-state index in [0.717, 1.165) is 0 Å². The SMILES string of the molecule is CC[C@H]1OC(=O)[C@H](C)[C@@H](O)[C@H](C)[C@@H](O[C@@H]2O[C@H](C)C[C@@H](N(C)C)[C@H]2O)C(C)(C)C[C@@H](C)CN(CCCNC(=O)[C@@]2(O)[C@H](C)CC3C4CCC5=CC(=O)C=C[C@]5(C)[C@@]4(F)[C@@H](O)C[C@@]32C)[C@H](C)[C@@H](O)[C@]1(C)O. The summed E-state index contributed by atoms with van der Waals surface area (Å²) in [5.74, 6) is -4.93. The normalized spacial score (nSPS) is 48.3. The van der Waals surface area contributed by atoms with Gasteiger partial charge in [-0.15, -0.1) is 0 Å². The Morgan fingerprint density at radius 2 is 1.61 bits per heavy atom. The molecule has 7 N–H and O–H groups in total. The zero-order valence-electron chi connectivity index (χ0n) is 44.7. The van der Waals surface area contributed by atoms with Crippen molar-refractivity contribution in [3.05, 3.63) is 23.8 Å². The van der Waals surface area contributed by atoms with Gasteiger partial charge < -0.3 is 55.1 Å². The molecule has 15 nitrogen and oxygen atoms in total. The summed E-state index contributed by atoms with van der Waals surface area (Å²) in [4.78, 5) is 44.7. The number of alkyl halides is 1. The predicted molar refractivity (Wildman–Crippen MR) is 263 cm³/mol. The summed E-state index contributed by atoms with van der Waals surface area (Å²) >= 11 is 0. The van der Waals surface area contributed by atoms with Gasteiger partial charge in [-0.25, -0.2) is 4.39 Å². The van der Waals surface area contributed by atoms with Crippen molar-refractivity contribution >= 4 is 17.7 Å². The maximum atomic E-state index is 17.8. The molecule has 0 aromatic heterocycles. The van der Waals surface area contributed by atoms with Crippen molar-refractivity contribution in [1.29, 1.82) is 0 Å². The second-order valence-corrected chi connectivity index (χ2v) is 24.6. The highest BCUT2D eigenvalue weighted by atomic mass is 19.1. The van der Waals surface area contributed by atoms with E-state index in [-0.39, 0.29) is 43.2 Å². The summed E-state index contributed by atoms with van der Waals surface area (Å²) < 4.78 is 36.8. The zero-order chi connectivity index (χ0) is 52.4. The van der Waals surface area contributed by atoms with Crippen LogP contribution in [-0.4, -0.2) is 170 Å². The van der Waals surface area contributed by atoms with Gasteiger partial charge >= 0.3 is 5.97 Å². The molecule has 0 aromatic carbocycles. The molecule has 2 unspecified atom stereocenters. The number of carbonyl (C=O) groups is 3. The first kappa shape index (κ1) is 56.9. The number of carbonyl (C=O) groups excluding carboxylic acids is 3. The van der Waals surface area contributed by atoms with Gasteiger partial charge in [0.1, 0.15) is 23.9 Å². The van der Waals surface area contributed by atoms with E-state index in [2.05, 4.69) is 17.1 Å². The first-order chi connectivity index (χ1) is 32.3. The van der Waals surface area contributed by atoms with Crippen LogP contribution in [0.1, 0.15) is 134 Å². The number of cyclic esters (lactones) is 1. The van der Waals surface area contributed by atoms with Crippen LogP contribution in [0.3, 0.4) is 0 Å². The Hall–Kier alpha value is -2.38. The summed E-state index contributed by atoms with van der Waals surface area (Å²) in [5, 5.41) is 75.1. The Balaban J connectivity index is 1.23. The molecule has 70 heavy (non-hydrogen) atoms. The van der Waals surface area contributed by atoms with Gasteiger partial charge in [-0.1, -0.05) is 60.1 Å². The molecule has 3 saturated carbocycles. The van der Waals surface area contributed by atoms with E-state index >= 15 is 4.39 Å². The lowest BCUT2D eigenvalue weighted by atomic mass is 9.44. The van der Waals surface area contributed by atoms with Gasteiger partial charge in [-0.2, -0.15) is 0 Å². The molecule has 2 aliphatic heterocycles. The largest absolute Gasteiger partial charge is 0.459 e. The Labute approximate surface area is 416 Å². The second-order valence-electron chi connectivity index (χ2n) is 24.6. The van der Waals surface area contributed by atoms with Crippen molar-refractivity contribution < 1.29 is 63.6 Å². The number of ketones is 1. The molecule has 1 amide bonds. The Morgan fingerprint density at radius 3 is 2.24 bits per heavy atom. The van der Waals surface area contributed by atoms with Crippen molar-refractivity contribution in [3.8, 4) is 0 Å². The number of nitrogens with one attached hydrogen (secondary N) is 1. The number of likely N-dealkylation sites (N-methyl/N-ethyl adjacent to an activating group) is 1. The number of aliphatic hydroxyl groups excluding tert-OH is 4. The van der Waals surface area contributed by atoms with E-state index in [1.54, 1.807) is 33.8 Å². The molecular weight excluding hydrogens is 902 g/mol. The lowest BCUT2D eigenvalue weighted by molar-refractivity contribution is -0.290. The summed E-state index contributed by atoms with van der Waals surface area (Å²) in [6, 6.07) is -0.930. The van der Waals surface area contributed by atoms with Crippen LogP contribution in [-0.2, 0) is 28.6 Å². The lowest BCUT2D eigenvalue weighted by Gasteiger charge is -2.62. The van der Waals surface area contributed by atoms with Crippen LogP contribution < -0.4 is 5.32 Å². The topological polar surface area (TPSA) is 219 Å². The summed E-state index contributed by atoms with van der Waals surface area (Å²) in [6.07, 6.45) is -0.990. The first-order valence-electron chi connectivity index (χ1n) is 26.3. The first-order valence-corrected chi connectivity index (χ1v) is 26.3. The molecule has 0 aromatic rings. The third-order valence-corrected chi connectivity index (χ3v) is 19.0. The number of nitrogens with zero attached hydrogens (tertiary/aromatic N) is 2. The molecule has 5 fully saturated rings. The van der Waals surface area contributed by atoms with Crippen molar-refractivity contribution in [1.82, 2.24) is 15.1 Å². The fourth-order valence-electron chi connectivity index (χ4n) is 14.9. The number of hydrogen-bond acceptors (Lipinski definition) is 14. The Morgan fingerprint density at radius 1 is 0.957 bits per heavy atom. The standard InChI is InChI=1S/C54H90FN3O12/c1-15-41-52(12,66)44(63)34(7)58(28-29(2)26-49(8,9)45(32(5)42(61)33(6)46(64)69-41)70-47-43(62)39(57(13)14)24-31(4)68-47)22-16-21-56-48(65)54(67)30(3)23-38-37-18-17-35-25-36(59)19-20-50(35,10)53(37,55)40(60)27-51(38,54)11/h19-20,25,29-34,37-45,47,60-63,66-67H,15-18,21-24,26-28H2,1-14H3,(H,56,65)/t29-,30-,31-,32+,33-,34-,37?,38?,39-,40+,41-,42+,43-,44-,45-,47+,50+,51+,52-,53+,54+/m1/s1. The van der Waals surface area contributed by atoms with E-state index in [1.807, 2.05) is 60.5 Å². The highest BCUT2D eigenvalue weighted by molar-refractivity contribution is 6.01. The molecule has 21 atom stereocenters. The maximum absolute atomic E-state index is 17.8. The molecule has 2 heterocycles. The fourth-order valence-corrected chi connectivity index (χ4v) is 14.9. The summed E-state index contributed by atoms with van der Waals surface area (Å²) in [6.45, 7) is 22.8. The molecule has 0 bridgehead atoms. The third kappa shape index (κ3) is 9.75. The summed E-state index contributed by atoms with van der Waals surface area (Å²) in [7, 11) is 3.80. The number of ether oxygens (including phenoxy) is 3. The average molecular weight is 992 g/mol. The van der Waals surface area contributed by atoms with Crippen molar-refractivity contribution in [3.63, 3.8) is 0 Å². The number of aliphatic hydroxyl groups is 6. The predicted octanol–water partition coefficient (Wildman–Crippen LogP) is 4.48. The maximum Gasteiger partial charge on any atom is 0.311 e. The minimum Gasteiger partial charge on any atom is -0.459 e. The number of fused-ring (bicyclic) bond motifs is 5. The quantitative estimate of drug-likeness (QED) is 0.125. The monoisotopic (exact) mass is 992 g/mol. The van der Waals surface area contributed by atoms with Crippen LogP contribution in [0.15, 0.2) is 23.8 Å². The number of esters is 1. The highest BCUT2D eigenvalue weighted by Gasteiger charge is 2.76. The molecule has 4 aliphatic carbocycles. The van der Waals surface area contributed by atoms with E-state index in [0.29, 0.717) is 57.2 Å². The van der Waals surface area contributed by atoms with Crippen LogP contribution in [0.4, 0.5) is 4.39 Å². The minimum atomic E-state index is -2.09. The van der Waals surface area contributed by atoms with Gasteiger partial charge in [0.2, 0.25) is 0 Å². The second kappa shape index (κ2) is 20.7. The molecule has 6 aliphatic rings. The zero-order valence-corrected chi connectivity index (χ0v) is 44.7. The van der Waals surface area contributed by atoms with Crippen molar-refractivity contribution in [2.75, 3.05) is 33.7 Å². The number of amides is 1. The van der Waals surface area contributed by atoms with Crippen LogP contribution in [0.25, 0.3) is 0 Å². The molecule has 6 rings (SSSR count). The van der Waals surface area contributed by atoms with Gasteiger partial charge in [0, 0.05) is 54.4 Å². The third-order valence-electron chi connectivity index (χ3n) is 19.0. The van der Waals surface area contributed by atoms with Crippen molar-refractivity contribution in [2.24, 2.45) is 51.8 Å². The molecule has 16 heteroatoms. The molecule has 0 spiro atoms.